The fourth-order valence-corrected chi connectivity index (χ4v) is 18.7. The largest absolute Gasteiger partial charge is 0.455 e. The van der Waals surface area contributed by atoms with E-state index in [0.717, 1.165) is 205 Å². The minimum atomic E-state index is 0.838. The van der Waals surface area contributed by atoms with Crippen LogP contribution in [0.3, 0.4) is 0 Å². The standard InChI is InChI=1S/C114H72N2O2/c1-5-24-73(25-6-1)90-64-57-86(71-103(90)75-28-9-3-10-29-75)115(85-55-46-80(47-56-85)89-39-21-41-97-88-35-16-13-32-77(88)48-60-99(89)97)109-45-22-40-94(112(109)84-54-67-111-106(70-84)102-63-50-79-34-15-18-38-96(79)114(102)118-111)82-51-59-92-81(68-82)52-61-100-98(92)42-23-44-108(100)116(87-58-65-91(74-26-7-2-8-27-74)104(72-87)76-30-11-4-12-31-76)107-43-20-19-36-93(107)83-53-66-110-105(69-83)101-62-49-78-33-14-17-37-95(78)113(101)117-110/h1-72H. The van der Waals surface area contributed by atoms with Crippen molar-refractivity contribution in [2.45, 2.75) is 0 Å². The van der Waals surface area contributed by atoms with E-state index >= 15 is 0 Å². The van der Waals surface area contributed by atoms with Gasteiger partial charge in [0.2, 0.25) is 0 Å². The van der Waals surface area contributed by atoms with Crippen LogP contribution in [0, 0.1) is 0 Å². The van der Waals surface area contributed by atoms with Crippen molar-refractivity contribution in [3.05, 3.63) is 437 Å². The molecule has 550 valence electrons. The molecule has 0 aliphatic heterocycles. The van der Waals surface area contributed by atoms with E-state index in [9.17, 15) is 0 Å². The van der Waals surface area contributed by atoms with Gasteiger partial charge in [-0.2, -0.15) is 0 Å². The van der Waals surface area contributed by atoms with Crippen molar-refractivity contribution in [3.63, 3.8) is 0 Å². The van der Waals surface area contributed by atoms with Crippen molar-refractivity contribution in [2.24, 2.45) is 0 Å². The van der Waals surface area contributed by atoms with E-state index in [-0.39, 0.29) is 0 Å². The van der Waals surface area contributed by atoms with Crippen molar-refractivity contribution >= 4 is 143 Å². The highest BCUT2D eigenvalue weighted by molar-refractivity contribution is 6.20. The second-order valence-corrected chi connectivity index (χ2v) is 30.9. The Labute approximate surface area is 682 Å². The number of benzene rings is 21. The Balaban J connectivity index is 0.726. The highest BCUT2D eigenvalue weighted by atomic mass is 16.3. The molecular formula is C114H72N2O2. The third-order valence-corrected chi connectivity index (χ3v) is 24.2. The second-order valence-electron chi connectivity index (χ2n) is 30.9. The maximum atomic E-state index is 6.93. The van der Waals surface area contributed by atoms with Crippen LogP contribution in [-0.2, 0) is 0 Å². The molecule has 0 unspecified atom stereocenters. The van der Waals surface area contributed by atoms with Gasteiger partial charge in [-0.05, 0) is 223 Å². The SMILES string of the molecule is c1ccc(-c2ccc(N(c3ccc(-c4cccc5c4ccc4ccccc45)cc3)c3cccc(-c4ccc5c(ccc6c(N(c7ccc(-c8ccccc8)c(-c8ccccc8)c7)c7ccccc7-c7ccc8oc9c%10ccccc%10ccc9c8c7)cccc65)c4)c3-c3ccc4oc5c6ccccc6ccc5c4c3)cc2-c2ccccc2)cc1. The van der Waals surface area contributed by atoms with Crippen LogP contribution in [0.25, 0.3) is 198 Å². The topological polar surface area (TPSA) is 32.8 Å². The molecule has 118 heavy (non-hydrogen) atoms. The quantitative estimate of drug-likeness (QED) is 0.102. The van der Waals surface area contributed by atoms with E-state index in [1.165, 1.54) is 27.1 Å². The molecule has 0 saturated carbocycles. The lowest BCUT2D eigenvalue weighted by atomic mass is 9.89. The second kappa shape index (κ2) is 28.2. The van der Waals surface area contributed by atoms with Gasteiger partial charge >= 0.3 is 0 Å². The Bertz CT molecular complexity index is 7920. The zero-order valence-electron chi connectivity index (χ0n) is 64.3. The van der Waals surface area contributed by atoms with Crippen LogP contribution < -0.4 is 9.80 Å². The Morgan fingerprint density at radius 2 is 0.534 bits per heavy atom. The summed E-state index contributed by atoms with van der Waals surface area (Å²) in [6.45, 7) is 0. The summed E-state index contributed by atoms with van der Waals surface area (Å²) in [6, 6.07) is 160. The van der Waals surface area contributed by atoms with Crippen molar-refractivity contribution in [1.29, 1.82) is 0 Å². The first-order valence-corrected chi connectivity index (χ1v) is 40.5. The van der Waals surface area contributed by atoms with Gasteiger partial charge in [0.25, 0.3) is 0 Å². The van der Waals surface area contributed by atoms with E-state index in [1.807, 2.05) is 0 Å². The van der Waals surface area contributed by atoms with Crippen molar-refractivity contribution in [3.8, 4) is 89.0 Å². The number of anilines is 6. The molecule has 2 heterocycles. The van der Waals surface area contributed by atoms with Gasteiger partial charge < -0.3 is 18.6 Å². The highest BCUT2D eigenvalue weighted by Crippen LogP contribution is 2.53. The number of nitrogens with zero attached hydrogens (tertiary/aromatic N) is 2. The zero-order chi connectivity index (χ0) is 77.7. The average Bonchev–Trinajstić information content (AvgIpc) is 0.937. The zero-order valence-corrected chi connectivity index (χ0v) is 64.3. The summed E-state index contributed by atoms with van der Waals surface area (Å²) in [4.78, 5) is 4.98. The molecule has 0 aliphatic carbocycles. The van der Waals surface area contributed by atoms with Crippen LogP contribution in [0.15, 0.2) is 446 Å². The molecule has 2 aromatic heterocycles. The maximum Gasteiger partial charge on any atom is 0.143 e. The third-order valence-electron chi connectivity index (χ3n) is 24.2. The van der Waals surface area contributed by atoms with E-state index < -0.39 is 0 Å². The van der Waals surface area contributed by atoms with Gasteiger partial charge in [-0.15, -0.1) is 0 Å². The van der Waals surface area contributed by atoms with Crippen molar-refractivity contribution in [1.82, 2.24) is 0 Å². The first-order valence-electron chi connectivity index (χ1n) is 40.5. The molecule has 0 fully saturated rings. The molecule has 23 aromatic rings. The molecule has 4 heteroatoms. The highest BCUT2D eigenvalue weighted by Gasteiger charge is 2.27. The van der Waals surface area contributed by atoms with Gasteiger partial charge in [-0.1, -0.05) is 340 Å². The molecule has 4 nitrogen and oxygen atoms in total. The predicted molar refractivity (Wildman–Crippen MR) is 499 cm³/mol. The number of hydrogen-bond donors (Lipinski definition) is 0. The number of para-hydroxylation sites is 1. The molecule has 23 rings (SSSR count). The fraction of sp³-hybridized carbons (Fsp3) is 0. The van der Waals surface area contributed by atoms with E-state index in [1.54, 1.807) is 0 Å². The molecule has 0 bridgehead atoms. The number of rotatable bonds is 14. The van der Waals surface area contributed by atoms with Crippen LogP contribution >= 0.6 is 0 Å². The summed E-state index contributed by atoms with van der Waals surface area (Å²) in [6.07, 6.45) is 0. The first kappa shape index (κ1) is 68.0. The normalized spacial score (nSPS) is 11.7. The maximum absolute atomic E-state index is 6.93. The molecule has 0 aliphatic rings. The predicted octanol–water partition coefficient (Wildman–Crippen LogP) is 32.7. The minimum Gasteiger partial charge on any atom is -0.455 e. The number of fused-ring (bicyclic) bond motifs is 16. The lowest BCUT2D eigenvalue weighted by Gasteiger charge is -2.30. The lowest BCUT2D eigenvalue weighted by molar-refractivity contribution is 0.672. The molecule has 0 atom stereocenters. The summed E-state index contributed by atoms with van der Waals surface area (Å²) in [7, 11) is 0. The van der Waals surface area contributed by atoms with Gasteiger partial charge in [0.15, 0.2) is 0 Å². The van der Waals surface area contributed by atoms with Gasteiger partial charge in [0, 0.05) is 65.9 Å². The Morgan fingerprint density at radius 3 is 1.15 bits per heavy atom. The molecule has 0 amide bonds. The summed E-state index contributed by atoms with van der Waals surface area (Å²) >= 11 is 0. The van der Waals surface area contributed by atoms with Crippen LogP contribution in [0.4, 0.5) is 34.1 Å². The molecular weight excluding hydrogens is 1430 g/mol. The third kappa shape index (κ3) is 11.5. The Hall–Kier alpha value is -15.6. The Kier molecular flexibility index (Phi) is 16.2. The van der Waals surface area contributed by atoms with Gasteiger partial charge in [0.05, 0.1) is 17.1 Å². The van der Waals surface area contributed by atoms with Crippen LogP contribution in [0.1, 0.15) is 0 Å². The van der Waals surface area contributed by atoms with Gasteiger partial charge in [0.1, 0.15) is 22.3 Å². The van der Waals surface area contributed by atoms with E-state index in [2.05, 4.69) is 447 Å². The monoisotopic (exact) mass is 1500 g/mol. The van der Waals surface area contributed by atoms with Gasteiger partial charge in [-0.3, -0.25) is 0 Å². The van der Waals surface area contributed by atoms with Crippen molar-refractivity contribution in [2.75, 3.05) is 9.80 Å². The molecule has 0 radical (unpaired) electrons. The first-order chi connectivity index (χ1) is 58.5. The van der Waals surface area contributed by atoms with Crippen molar-refractivity contribution < 1.29 is 8.83 Å². The van der Waals surface area contributed by atoms with Crippen LogP contribution in [-0.4, -0.2) is 0 Å². The summed E-state index contributed by atoms with van der Waals surface area (Å²) in [5.74, 6) is 0. The summed E-state index contributed by atoms with van der Waals surface area (Å²) < 4.78 is 13.7. The van der Waals surface area contributed by atoms with Gasteiger partial charge in [-0.25, -0.2) is 0 Å². The number of furan rings is 2. The molecule has 0 spiro atoms. The average molecular weight is 1500 g/mol. The number of hydrogen-bond acceptors (Lipinski definition) is 4. The fourth-order valence-electron chi connectivity index (χ4n) is 18.7. The Morgan fingerprint density at radius 1 is 0.153 bits per heavy atom. The summed E-state index contributed by atoms with van der Waals surface area (Å²) in [5.41, 5.74) is 27.7. The smallest absolute Gasteiger partial charge is 0.143 e. The molecule has 0 saturated heterocycles. The summed E-state index contributed by atoms with van der Waals surface area (Å²) in [5, 5.41) is 18.3. The minimum absolute atomic E-state index is 0.838. The molecule has 0 N–H and O–H groups in total. The van der Waals surface area contributed by atoms with Crippen LogP contribution in [0.5, 0.6) is 0 Å². The molecule has 21 aromatic carbocycles. The van der Waals surface area contributed by atoms with E-state index in [4.69, 9.17) is 8.83 Å². The van der Waals surface area contributed by atoms with E-state index in [0.29, 0.717) is 0 Å². The van der Waals surface area contributed by atoms with Crippen LogP contribution in [0.2, 0.25) is 0 Å². The lowest BCUT2D eigenvalue weighted by Crippen LogP contribution is -2.12.